The maximum Gasteiger partial charge on any atom is 0.408 e. The summed E-state index contributed by atoms with van der Waals surface area (Å²) in [6.07, 6.45) is 13.4. The summed E-state index contributed by atoms with van der Waals surface area (Å²) in [5, 5.41) is 11.1. The van der Waals surface area contributed by atoms with Gasteiger partial charge < -0.3 is 29.0 Å². The molecule has 0 aliphatic heterocycles. The van der Waals surface area contributed by atoms with Crippen LogP contribution in [0.1, 0.15) is 150 Å². The minimum atomic E-state index is -0.927. The molecule has 4 saturated carbocycles. The first-order chi connectivity index (χ1) is 32.9. The van der Waals surface area contributed by atoms with Crippen LogP contribution in [-0.2, 0) is 59.5 Å². The van der Waals surface area contributed by atoms with Crippen molar-refractivity contribution in [2.45, 2.75) is 177 Å². The lowest BCUT2D eigenvalue weighted by molar-refractivity contribution is -0.214. The highest BCUT2D eigenvalue weighted by atomic mass is 16.6. The van der Waals surface area contributed by atoms with Gasteiger partial charge in [-0.1, -0.05) is 108 Å². The molecule has 3 aromatic rings. The molecule has 13 nitrogen and oxygen atoms in total. The second kappa shape index (κ2) is 19.1. The molecule has 380 valence electrons. The second-order valence-electron chi connectivity index (χ2n) is 24.5. The molecule has 0 saturated heterocycles. The van der Waals surface area contributed by atoms with Crippen LogP contribution in [0.15, 0.2) is 72.4 Å². The zero-order valence-electron chi connectivity index (χ0n) is 43.7. The van der Waals surface area contributed by atoms with E-state index >= 15 is 0 Å². The van der Waals surface area contributed by atoms with Crippen LogP contribution >= 0.6 is 0 Å². The monoisotopic (exact) mass is 963 g/mol. The number of methoxy groups -OCH3 is 1. The number of rotatable bonds is 13. The van der Waals surface area contributed by atoms with Crippen LogP contribution in [0.3, 0.4) is 0 Å². The quantitative estimate of drug-likeness (QED) is 0.0988. The van der Waals surface area contributed by atoms with Gasteiger partial charge in [0.25, 0.3) is 0 Å². The minimum absolute atomic E-state index is 0.00247. The van der Waals surface area contributed by atoms with Gasteiger partial charge in [0.05, 0.1) is 18.7 Å². The Morgan fingerprint density at radius 1 is 0.829 bits per heavy atom. The number of nitrogens with one attached hydrogen (secondary N) is 1. The van der Waals surface area contributed by atoms with Gasteiger partial charge in [0.2, 0.25) is 0 Å². The molecule has 5 aliphatic carbocycles. The first kappa shape index (κ1) is 51.2. The summed E-state index contributed by atoms with van der Waals surface area (Å²) < 4.78 is 30.3. The van der Waals surface area contributed by atoms with E-state index in [1.807, 2.05) is 42.5 Å². The number of benzene rings is 2. The van der Waals surface area contributed by atoms with Crippen LogP contribution in [-0.4, -0.2) is 63.9 Å². The van der Waals surface area contributed by atoms with Crippen molar-refractivity contribution in [3.8, 4) is 5.75 Å². The normalized spacial score (nSPS) is 31.2. The number of aromatic nitrogens is 3. The molecule has 1 heterocycles. The summed E-state index contributed by atoms with van der Waals surface area (Å²) >= 11 is 0. The zero-order valence-corrected chi connectivity index (χ0v) is 43.7. The Kier molecular flexibility index (Phi) is 14.0. The number of fused-ring (bicyclic) bond motifs is 7. The number of hydrogen-bond donors (Lipinski definition) is 1. The Balaban J connectivity index is 0.880. The zero-order chi connectivity index (χ0) is 50.5. The number of carbonyl (C=O) groups is 4. The lowest BCUT2D eigenvalue weighted by Gasteiger charge is -2.71. The number of hydrogen-bond acceptors (Lipinski definition) is 11. The summed E-state index contributed by atoms with van der Waals surface area (Å²) in [4.78, 5) is 52.9. The van der Waals surface area contributed by atoms with E-state index in [-0.39, 0.29) is 70.6 Å². The lowest BCUT2D eigenvalue weighted by atomic mass is 9.33. The number of alkyl carbamates (subject to hydrolysis) is 1. The molecule has 9 atom stereocenters. The van der Waals surface area contributed by atoms with E-state index in [9.17, 15) is 19.2 Å². The lowest BCUT2D eigenvalue weighted by Crippen LogP contribution is -2.65. The first-order valence-electron chi connectivity index (χ1n) is 25.7. The van der Waals surface area contributed by atoms with Crippen LogP contribution in [0.25, 0.3) is 0 Å². The predicted molar refractivity (Wildman–Crippen MR) is 265 cm³/mol. The summed E-state index contributed by atoms with van der Waals surface area (Å²) in [5.41, 5.74) is 2.73. The van der Waals surface area contributed by atoms with Gasteiger partial charge in [-0.25, -0.2) is 14.3 Å². The van der Waals surface area contributed by atoms with Crippen molar-refractivity contribution < 1.29 is 42.9 Å². The molecule has 1 N–H and O–H groups in total. The molecule has 2 aromatic carbocycles. The van der Waals surface area contributed by atoms with Gasteiger partial charge in [-0.05, 0) is 148 Å². The van der Waals surface area contributed by atoms with Crippen molar-refractivity contribution in [1.82, 2.24) is 20.3 Å². The number of carbonyl (C=O) groups excluding carboxylic acids is 4. The highest BCUT2D eigenvalue weighted by molar-refractivity contribution is 5.82. The predicted octanol–water partition coefficient (Wildman–Crippen LogP) is 10.9. The van der Waals surface area contributed by atoms with Gasteiger partial charge >= 0.3 is 24.0 Å². The highest BCUT2D eigenvalue weighted by Gasteiger charge is 2.69. The van der Waals surface area contributed by atoms with Crippen LogP contribution in [0.5, 0.6) is 5.75 Å². The van der Waals surface area contributed by atoms with E-state index in [1.165, 1.54) is 17.4 Å². The first-order valence-corrected chi connectivity index (χ1v) is 25.7. The Bertz CT molecular complexity index is 2440. The van der Waals surface area contributed by atoms with Gasteiger partial charge in [0.1, 0.15) is 48.9 Å². The molecule has 0 spiro atoms. The Hall–Kier alpha value is -5.20. The smallest absolute Gasteiger partial charge is 0.408 e. The van der Waals surface area contributed by atoms with Crippen molar-refractivity contribution in [2.24, 2.45) is 50.2 Å². The van der Waals surface area contributed by atoms with Crippen LogP contribution in [0, 0.1) is 50.2 Å². The van der Waals surface area contributed by atoms with E-state index in [0.717, 1.165) is 75.3 Å². The third-order valence-corrected chi connectivity index (χ3v) is 18.3. The molecule has 4 fully saturated rings. The standard InChI is InChI=1S/C57H78N4O9/c1-51(2,3)70-50(65)58-43(48(63)66-11)31-37-17-19-40(20-18-37)67-36-39-33-61(60-59-39)34-47(62)69-46-24-25-54(8)44(53(46,6)7)23-26-56(10)45(54)22-21-41-42-32-52(4,5)27-29-57(42,30-28-55(41,56)9)49(64)68-35-38-15-13-12-14-16-38/h12-21,33,42-46H,22-32,34-36H2,1-11H3,(H,58,65)/t42-,43-,44-,45+,46-,54-,55+,56+,57-/m0/s1. The van der Waals surface area contributed by atoms with E-state index in [4.69, 9.17) is 23.7 Å². The molecular formula is C57H78N4O9. The molecule has 8 rings (SSSR count). The van der Waals surface area contributed by atoms with Gasteiger partial charge in [0.15, 0.2) is 0 Å². The largest absolute Gasteiger partial charge is 0.487 e. The van der Waals surface area contributed by atoms with Gasteiger partial charge in [-0.3, -0.25) is 9.59 Å². The number of amides is 1. The molecular weight excluding hydrogens is 885 g/mol. The summed E-state index contributed by atoms with van der Waals surface area (Å²) in [6.45, 7) is 22.7. The third-order valence-electron chi connectivity index (χ3n) is 18.3. The Morgan fingerprint density at radius 2 is 1.54 bits per heavy atom. The molecule has 1 amide bonds. The molecule has 70 heavy (non-hydrogen) atoms. The van der Waals surface area contributed by atoms with E-state index in [2.05, 4.69) is 70.2 Å². The van der Waals surface area contributed by atoms with Crippen molar-refractivity contribution in [1.29, 1.82) is 0 Å². The van der Waals surface area contributed by atoms with Crippen molar-refractivity contribution in [2.75, 3.05) is 7.11 Å². The van der Waals surface area contributed by atoms with Gasteiger partial charge in [0, 0.05) is 11.8 Å². The minimum Gasteiger partial charge on any atom is -0.487 e. The average Bonchev–Trinajstić information content (AvgIpc) is 3.75. The van der Waals surface area contributed by atoms with Crippen molar-refractivity contribution in [3.63, 3.8) is 0 Å². The molecule has 0 unspecified atom stereocenters. The fourth-order valence-electron chi connectivity index (χ4n) is 14.4. The fraction of sp³-hybridized carbons (Fsp3) is 0.649. The fourth-order valence-corrected chi connectivity index (χ4v) is 14.4. The number of esters is 3. The molecule has 0 bridgehead atoms. The van der Waals surface area contributed by atoms with Crippen LogP contribution in [0.2, 0.25) is 0 Å². The number of allylic oxidation sites excluding steroid dienone is 2. The van der Waals surface area contributed by atoms with Gasteiger partial charge in [-0.15, -0.1) is 5.10 Å². The van der Waals surface area contributed by atoms with Crippen LogP contribution < -0.4 is 10.1 Å². The maximum absolute atomic E-state index is 14.5. The Morgan fingerprint density at radius 3 is 2.24 bits per heavy atom. The number of ether oxygens (including phenoxy) is 5. The molecule has 13 heteroatoms. The summed E-state index contributed by atoms with van der Waals surface area (Å²) in [6, 6.07) is 16.3. The SMILES string of the molecule is COC(=O)[C@H](Cc1ccc(OCc2cn(CC(=O)O[C@H]3CC[C@]4(C)[C@H]5CC=C6[C@@H]7CC(C)(C)CC[C@]7(C(=O)OCc7ccccc7)CC[C@@]6(C)[C@]5(C)CC[C@H]4C3(C)C)nn2)cc1)NC(=O)OC(C)(C)C. The van der Waals surface area contributed by atoms with Gasteiger partial charge in [-0.2, -0.15) is 0 Å². The average molecular weight is 963 g/mol. The topological polar surface area (TPSA) is 157 Å². The third kappa shape index (κ3) is 9.88. The summed E-state index contributed by atoms with van der Waals surface area (Å²) in [7, 11) is 1.27. The maximum atomic E-state index is 14.5. The van der Waals surface area contributed by atoms with Crippen molar-refractivity contribution in [3.05, 3.63) is 89.3 Å². The molecule has 5 aliphatic rings. The van der Waals surface area contributed by atoms with Crippen LogP contribution in [0.4, 0.5) is 4.79 Å². The summed E-state index contributed by atoms with van der Waals surface area (Å²) in [5.74, 6) is 0.686. The molecule has 0 radical (unpaired) electrons. The van der Waals surface area contributed by atoms with Crippen molar-refractivity contribution >= 4 is 24.0 Å². The van der Waals surface area contributed by atoms with E-state index in [1.54, 1.807) is 39.1 Å². The Labute approximate surface area is 415 Å². The second-order valence-corrected chi connectivity index (χ2v) is 24.5. The number of nitrogens with zero attached hydrogens (tertiary/aromatic N) is 3. The van der Waals surface area contributed by atoms with E-state index in [0.29, 0.717) is 29.9 Å². The van der Waals surface area contributed by atoms with E-state index < -0.39 is 29.1 Å². The highest BCUT2D eigenvalue weighted by Crippen LogP contribution is 2.76. The molecule has 1 aromatic heterocycles.